The largest absolute Gasteiger partial charge is 0.504 e. The Morgan fingerprint density at radius 2 is 1.70 bits per heavy atom. The summed E-state index contributed by atoms with van der Waals surface area (Å²) in [5.41, 5.74) is -0.925. The molecule has 0 radical (unpaired) electrons. The molecular weight excluding hydrogens is 275 g/mol. The third-order valence-electron chi connectivity index (χ3n) is 2.54. The van der Waals surface area contributed by atoms with Crippen LogP contribution in [0.5, 0.6) is 11.5 Å². The average Bonchev–Trinajstić information content (AvgIpc) is 2.42. The van der Waals surface area contributed by atoms with Gasteiger partial charge in [0.25, 0.3) is 5.91 Å². The van der Waals surface area contributed by atoms with Crippen LogP contribution < -0.4 is 5.32 Å². The van der Waals surface area contributed by atoms with Crippen molar-refractivity contribution in [2.75, 3.05) is 5.32 Å². The van der Waals surface area contributed by atoms with Gasteiger partial charge in [0, 0.05) is 0 Å². The second-order valence-corrected chi connectivity index (χ2v) is 3.85. The van der Waals surface area contributed by atoms with E-state index in [4.69, 9.17) is 0 Å². The lowest BCUT2D eigenvalue weighted by Gasteiger charge is -2.09. The van der Waals surface area contributed by atoms with Crippen LogP contribution in [0.4, 0.5) is 18.9 Å². The van der Waals surface area contributed by atoms with Crippen LogP contribution in [-0.2, 0) is 0 Å². The Labute approximate surface area is 111 Å². The predicted octanol–water partition coefficient (Wildman–Crippen LogP) is 2.77. The average molecular weight is 283 g/mol. The van der Waals surface area contributed by atoms with Crippen molar-refractivity contribution >= 4 is 11.6 Å². The summed E-state index contributed by atoms with van der Waals surface area (Å²) in [6.45, 7) is 0. The van der Waals surface area contributed by atoms with Gasteiger partial charge in [0.2, 0.25) is 0 Å². The summed E-state index contributed by atoms with van der Waals surface area (Å²) in [4.78, 5) is 11.8. The van der Waals surface area contributed by atoms with E-state index in [9.17, 15) is 28.2 Å². The summed E-state index contributed by atoms with van der Waals surface area (Å²) in [6, 6.07) is 5.08. The lowest BCUT2D eigenvalue weighted by Crippen LogP contribution is -2.14. The van der Waals surface area contributed by atoms with Crippen molar-refractivity contribution < 1.29 is 28.2 Å². The molecule has 4 nitrogen and oxygen atoms in total. The minimum absolute atomic E-state index is 0.339. The number of carbonyl (C=O) groups is 1. The van der Waals surface area contributed by atoms with Crippen LogP contribution in [0.25, 0.3) is 0 Å². The Balaban J connectivity index is 2.33. The summed E-state index contributed by atoms with van der Waals surface area (Å²) in [5.74, 6) is -6.89. The normalized spacial score (nSPS) is 10.3. The van der Waals surface area contributed by atoms with E-state index < -0.39 is 40.5 Å². The van der Waals surface area contributed by atoms with Crippen molar-refractivity contribution in [3.8, 4) is 11.5 Å². The molecule has 0 heterocycles. The number of carbonyl (C=O) groups excluding carboxylic acids is 1. The van der Waals surface area contributed by atoms with Gasteiger partial charge in [-0.1, -0.05) is 6.07 Å². The molecule has 2 rings (SSSR count). The minimum atomic E-state index is -1.72. The molecule has 1 amide bonds. The molecule has 2 aromatic carbocycles. The predicted molar refractivity (Wildman–Crippen MR) is 64.0 cm³/mol. The molecule has 0 saturated heterocycles. The Kier molecular flexibility index (Phi) is 3.51. The van der Waals surface area contributed by atoms with E-state index in [1.165, 1.54) is 12.1 Å². The van der Waals surface area contributed by atoms with Crippen LogP contribution in [-0.4, -0.2) is 16.1 Å². The van der Waals surface area contributed by atoms with Gasteiger partial charge < -0.3 is 15.5 Å². The molecule has 0 atom stereocenters. The first-order valence-electron chi connectivity index (χ1n) is 5.37. The second kappa shape index (κ2) is 5.12. The highest BCUT2D eigenvalue weighted by Crippen LogP contribution is 2.29. The quantitative estimate of drug-likeness (QED) is 0.586. The number of halogens is 3. The number of phenolic OH excluding ortho intramolecular Hbond substituents is 2. The number of benzene rings is 2. The summed E-state index contributed by atoms with van der Waals surface area (Å²) in [6.07, 6.45) is 0. The summed E-state index contributed by atoms with van der Waals surface area (Å²) in [5, 5.41) is 20.7. The fourth-order valence-electron chi connectivity index (χ4n) is 1.53. The number of nitrogens with one attached hydrogen (secondary N) is 1. The van der Waals surface area contributed by atoms with Crippen LogP contribution >= 0.6 is 0 Å². The van der Waals surface area contributed by atoms with Gasteiger partial charge in [0.05, 0.1) is 11.3 Å². The Morgan fingerprint density at radius 1 is 1.00 bits per heavy atom. The molecule has 20 heavy (non-hydrogen) atoms. The lowest BCUT2D eigenvalue weighted by atomic mass is 10.1. The number of phenols is 2. The molecule has 104 valence electrons. The molecule has 2 aromatic rings. The van der Waals surface area contributed by atoms with Crippen molar-refractivity contribution in [3.05, 3.63) is 53.3 Å². The van der Waals surface area contributed by atoms with Crippen LogP contribution in [0.3, 0.4) is 0 Å². The number of amides is 1. The number of anilines is 1. The first kappa shape index (κ1) is 13.7. The van der Waals surface area contributed by atoms with Gasteiger partial charge in [-0.25, -0.2) is 13.2 Å². The highest BCUT2D eigenvalue weighted by molar-refractivity contribution is 6.06. The standard InChI is InChI=1S/C13H8F3NO3/c14-7-4-5-8(11(16)10(7)15)17-13(20)6-2-1-3-9(18)12(6)19/h1-5,18-19H,(H,17,20). The molecule has 0 unspecified atom stereocenters. The number of hydrogen-bond acceptors (Lipinski definition) is 3. The summed E-state index contributed by atoms with van der Waals surface area (Å²) >= 11 is 0. The highest BCUT2D eigenvalue weighted by atomic mass is 19.2. The van der Waals surface area contributed by atoms with E-state index in [0.717, 1.165) is 12.1 Å². The minimum Gasteiger partial charge on any atom is -0.504 e. The van der Waals surface area contributed by atoms with Gasteiger partial charge in [0.1, 0.15) is 0 Å². The fourth-order valence-corrected chi connectivity index (χ4v) is 1.53. The molecule has 0 aliphatic rings. The Bertz CT molecular complexity index is 689. The van der Waals surface area contributed by atoms with Gasteiger partial charge >= 0.3 is 0 Å². The van der Waals surface area contributed by atoms with E-state index in [-0.39, 0.29) is 5.56 Å². The van der Waals surface area contributed by atoms with Crippen LogP contribution in [0, 0.1) is 17.5 Å². The Morgan fingerprint density at radius 3 is 2.40 bits per heavy atom. The van der Waals surface area contributed by atoms with Gasteiger partial charge in [-0.15, -0.1) is 0 Å². The maximum Gasteiger partial charge on any atom is 0.259 e. The summed E-state index contributed by atoms with van der Waals surface area (Å²) < 4.78 is 39.1. The van der Waals surface area contributed by atoms with E-state index in [1.54, 1.807) is 0 Å². The van der Waals surface area contributed by atoms with Gasteiger partial charge in [-0.2, -0.15) is 0 Å². The first-order valence-corrected chi connectivity index (χ1v) is 5.37. The number of para-hydroxylation sites is 1. The topological polar surface area (TPSA) is 69.6 Å². The maximum atomic E-state index is 13.4. The van der Waals surface area contributed by atoms with Crippen molar-refractivity contribution in [2.45, 2.75) is 0 Å². The molecule has 0 aliphatic carbocycles. The Hall–Kier alpha value is -2.70. The van der Waals surface area contributed by atoms with E-state index in [0.29, 0.717) is 6.07 Å². The van der Waals surface area contributed by atoms with Crippen molar-refractivity contribution in [2.24, 2.45) is 0 Å². The first-order chi connectivity index (χ1) is 9.41. The van der Waals surface area contributed by atoms with Gasteiger partial charge in [-0.05, 0) is 24.3 Å². The van der Waals surface area contributed by atoms with E-state index in [1.807, 2.05) is 5.32 Å². The van der Waals surface area contributed by atoms with E-state index in [2.05, 4.69) is 0 Å². The molecule has 0 bridgehead atoms. The third-order valence-corrected chi connectivity index (χ3v) is 2.54. The number of aromatic hydroxyl groups is 2. The highest BCUT2D eigenvalue weighted by Gasteiger charge is 2.18. The molecule has 0 aromatic heterocycles. The monoisotopic (exact) mass is 283 g/mol. The maximum absolute atomic E-state index is 13.4. The molecule has 0 fully saturated rings. The van der Waals surface area contributed by atoms with Crippen LogP contribution in [0.2, 0.25) is 0 Å². The zero-order valence-corrected chi connectivity index (χ0v) is 9.82. The van der Waals surface area contributed by atoms with Crippen LogP contribution in [0.1, 0.15) is 10.4 Å². The lowest BCUT2D eigenvalue weighted by molar-refractivity contribution is 0.102. The number of hydrogen-bond donors (Lipinski definition) is 3. The molecule has 0 aliphatic heterocycles. The molecular formula is C13H8F3NO3. The van der Waals surface area contributed by atoms with Crippen molar-refractivity contribution in [1.82, 2.24) is 0 Å². The van der Waals surface area contributed by atoms with Crippen molar-refractivity contribution in [3.63, 3.8) is 0 Å². The van der Waals surface area contributed by atoms with Crippen LogP contribution in [0.15, 0.2) is 30.3 Å². The van der Waals surface area contributed by atoms with Gasteiger partial charge in [0.15, 0.2) is 29.0 Å². The molecule has 3 N–H and O–H groups in total. The molecule has 0 saturated carbocycles. The SMILES string of the molecule is O=C(Nc1ccc(F)c(F)c1F)c1cccc(O)c1O. The van der Waals surface area contributed by atoms with Gasteiger partial charge in [-0.3, -0.25) is 4.79 Å². The summed E-state index contributed by atoms with van der Waals surface area (Å²) in [7, 11) is 0. The van der Waals surface area contributed by atoms with E-state index >= 15 is 0 Å². The molecule has 7 heteroatoms. The zero-order valence-electron chi connectivity index (χ0n) is 9.82. The third kappa shape index (κ3) is 2.37. The second-order valence-electron chi connectivity index (χ2n) is 3.85. The fraction of sp³-hybridized carbons (Fsp3) is 0. The van der Waals surface area contributed by atoms with Crippen molar-refractivity contribution in [1.29, 1.82) is 0 Å². The molecule has 0 spiro atoms. The number of rotatable bonds is 2. The zero-order chi connectivity index (χ0) is 14.9. The smallest absolute Gasteiger partial charge is 0.259 e.